The summed E-state index contributed by atoms with van der Waals surface area (Å²) in [5, 5.41) is 4.01. The number of hydrogen-bond acceptors (Lipinski definition) is 4. The van der Waals surface area contributed by atoms with Crippen LogP contribution in [0.15, 0.2) is 12.4 Å². The van der Waals surface area contributed by atoms with Gasteiger partial charge in [-0.1, -0.05) is 6.92 Å². The first-order chi connectivity index (χ1) is 8.20. The summed E-state index contributed by atoms with van der Waals surface area (Å²) in [6.45, 7) is 5.43. The average Bonchev–Trinajstić information content (AvgIpc) is 2.76. The van der Waals surface area contributed by atoms with E-state index in [9.17, 15) is 4.79 Å². The van der Waals surface area contributed by atoms with E-state index in [4.69, 9.17) is 4.74 Å². The minimum atomic E-state index is -0.334. The monoisotopic (exact) mass is 237 g/mol. The van der Waals surface area contributed by atoms with E-state index >= 15 is 0 Å². The molecule has 5 nitrogen and oxygen atoms in total. The van der Waals surface area contributed by atoms with Crippen LogP contribution in [0, 0.1) is 0 Å². The zero-order valence-electron chi connectivity index (χ0n) is 10.4. The second-order valence-electron chi connectivity index (χ2n) is 4.43. The number of carbonyl (C=O) groups is 1. The van der Waals surface area contributed by atoms with Gasteiger partial charge >= 0.3 is 0 Å². The zero-order valence-corrected chi connectivity index (χ0v) is 10.4. The van der Waals surface area contributed by atoms with Crippen molar-refractivity contribution in [2.75, 3.05) is 26.2 Å². The molecule has 2 heterocycles. The Labute approximate surface area is 101 Å². The summed E-state index contributed by atoms with van der Waals surface area (Å²) in [5.74, 6) is 0.0407. The SMILES string of the molecule is CCCN1CCOC(C(=O)c2cnn(C)c2)C1. The summed E-state index contributed by atoms with van der Waals surface area (Å²) in [4.78, 5) is 14.4. The lowest BCUT2D eigenvalue weighted by Crippen LogP contribution is -2.46. The van der Waals surface area contributed by atoms with Crippen LogP contribution in [0.4, 0.5) is 0 Å². The molecule has 1 unspecified atom stereocenters. The molecule has 5 heteroatoms. The highest BCUT2D eigenvalue weighted by molar-refractivity contribution is 5.99. The van der Waals surface area contributed by atoms with Crippen molar-refractivity contribution in [1.29, 1.82) is 0 Å². The molecule has 0 aromatic carbocycles. The molecule has 0 N–H and O–H groups in total. The molecule has 17 heavy (non-hydrogen) atoms. The van der Waals surface area contributed by atoms with Crippen LogP contribution in [0.5, 0.6) is 0 Å². The molecular weight excluding hydrogens is 218 g/mol. The normalized spacial score (nSPS) is 21.6. The minimum Gasteiger partial charge on any atom is -0.367 e. The second kappa shape index (κ2) is 5.42. The smallest absolute Gasteiger partial charge is 0.196 e. The number of carbonyl (C=O) groups excluding carboxylic acids is 1. The van der Waals surface area contributed by atoms with Gasteiger partial charge in [0.1, 0.15) is 6.10 Å². The zero-order chi connectivity index (χ0) is 12.3. The summed E-state index contributed by atoms with van der Waals surface area (Å²) in [7, 11) is 1.81. The van der Waals surface area contributed by atoms with Gasteiger partial charge in [0.2, 0.25) is 0 Å². The van der Waals surface area contributed by atoms with E-state index in [1.807, 2.05) is 7.05 Å². The third kappa shape index (κ3) is 2.92. The van der Waals surface area contributed by atoms with Gasteiger partial charge in [0.25, 0.3) is 0 Å². The van der Waals surface area contributed by atoms with Crippen molar-refractivity contribution in [3.8, 4) is 0 Å². The fraction of sp³-hybridized carbons (Fsp3) is 0.667. The van der Waals surface area contributed by atoms with E-state index < -0.39 is 0 Å². The van der Waals surface area contributed by atoms with E-state index in [-0.39, 0.29) is 11.9 Å². The Kier molecular flexibility index (Phi) is 3.91. The summed E-state index contributed by atoms with van der Waals surface area (Å²) in [6, 6.07) is 0. The summed E-state index contributed by atoms with van der Waals surface area (Å²) >= 11 is 0. The van der Waals surface area contributed by atoms with Gasteiger partial charge in [0, 0.05) is 26.3 Å². The van der Waals surface area contributed by atoms with Gasteiger partial charge in [-0.25, -0.2) is 0 Å². The second-order valence-corrected chi connectivity index (χ2v) is 4.43. The standard InChI is InChI=1S/C12H19N3O2/c1-3-4-15-5-6-17-11(9-15)12(16)10-7-13-14(2)8-10/h7-8,11H,3-6,9H2,1-2H3. The molecule has 0 aliphatic carbocycles. The molecule has 1 aliphatic rings. The lowest BCUT2D eigenvalue weighted by Gasteiger charge is -2.31. The maximum Gasteiger partial charge on any atom is 0.196 e. The van der Waals surface area contributed by atoms with Crippen LogP contribution in [0.3, 0.4) is 0 Å². The molecule has 1 fully saturated rings. The Hall–Kier alpha value is -1.20. The van der Waals surface area contributed by atoms with Gasteiger partial charge in [-0.05, 0) is 13.0 Å². The maximum atomic E-state index is 12.2. The summed E-state index contributed by atoms with van der Waals surface area (Å²) < 4.78 is 7.19. The van der Waals surface area contributed by atoms with Crippen LogP contribution in [-0.2, 0) is 11.8 Å². The minimum absolute atomic E-state index is 0.0407. The number of rotatable bonds is 4. The largest absolute Gasteiger partial charge is 0.367 e. The Morgan fingerprint density at radius 3 is 3.12 bits per heavy atom. The highest BCUT2D eigenvalue weighted by Crippen LogP contribution is 2.11. The summed E-state index contributed by atoms with van der Waals surface area (Å²) in [6.07, 6.45) is 4.11. The molecule has 0 bridgehead atoms. The van der Waals surface area contributed by atoms with Crippen molar-refractivity contribution >= 4 is 5.78 Å². The molecule has 1 aliphatic heterocycles. The van der Waals surface area contributed by atoms with Gasteiger partial charge in [0.05, 0.1) is 18.4 Å². The Bertz CT molecular complexity index is 387. The molecule has 94 valence electrons. The number of nitrogens with zero attached hydrogens (tertiary/aromatic N) is 3. The predicted octanol–water partition coefficient (Wildman–Crippen LogP) is 0.714. The topological polar surface area (TPSA) is 47.4 Å². The number of ether oxygens (including phenoxy) is 1. The number of aromatic nitrogens is 2. The molecule has 0 amide bonds. The van der Waals surface area contributed by atoms with E-state index in [1.165, 1.54) is 0 Å². The first-order valence-electron chi connectivity index (χ1n) is 6.07. The van der Waals surface area contributed by atoms with Crippen molar-refractivity contribution in [3.63, 3.8) is 0 Å². The van der Waals surface area contributed by atoms with Gasteiger partial charge in [-0.3, -0.25) is 14.4 Å². The van der Waals surface area contributed by atoms with Gasteiger partial charge in [-0.15, -0.1) is 0 Å². The van der Waals surface area contributed by atoms with Crippen LogP contribution < -0.4 is 0 Å². The van der Waals surface area contributed by atoms with Crippen molar-refractivity contribution in [3.05, 3.63) is 18.0 Å². The van der Waals surface area contributed by atoms with E-state index in [0.29, 0.717) is 18.7 Å². The summed E-state index contributed by atoms with van der Waals surface area (Å²) in [5.41, 5.74) is 0.635. The molecule has 1 aromatic heterocycles. The fourth-order valence-corrected chi connectivity index (χ4v) is 2.11. The van der Waals surface area contributed by atoms with Gasteiger partial charge in [-0.2, -0.15) is 5.10 Å². The number of Topliss-reactive ketones (excluding diaryl/α,β-unsaturated/α-hetero) is 1. The van der Waals surface area contributed by atoms with E-state index in [1.54, 1.807) is 17.1 Å². The van der Waals surface area contributed by atoms with Crippen molar-refractivity contribution in [2.24, 2.45) is 7.05 Å². The van der Waals surface area contributed by atoms with Crippen molar-refractivity contribution < 1.29 is 9.53 Å². The average molecular weight is 237 g/mol. The van der Waals surface area contributed by atoms with Crippen molar-refractivity contribution in [1.82, 2.24) is 14.7 Å². The van der Waals surface area contributed by atoms with Gasteiger partial charge < -0.3 is 4.74 Å². The molecule has 1 saturated heterocycles. The van der Waals surface area contributed by atoms with Crippen LogP contribution >= 0.6 is 0 Å². The quantitative estimate of drug-likeness (QED) is 0.724. The maximum absolute atomic E-state index is 12.2. The van der Waals surface area contributed by atoms with Crippen LogP contribution in [0.1, 0.15) is 23.7 Å². The molecule has 0 spiro atoms. The number of hydrogen-bond donors (Lipinski definition) is 0. The Morgan fingerprint density at radius 2 is 2.47 bits per heavy atom. The molecule has 0 saturated carbocycles. The molecular formula is C12H19N3O2. The fourth-order valence-electron chi connectivity index (χ4n) is 2.11. The Balaban J connectivity index is 1.99. The lowest BCUT2D eigenvalue weighted by atomic mass is 10.1. The highest BCUT2D eigenvalue weighted by Gasteiger charge is 2.27. The lowest BCUT2D eigenvalue weighted by molar-refractivity contribution is -0.0163. The van der Waals surface area contributed by atoms with Gasteiger partial charge in [0.15, 0.2) is 5.78 Å². The first-order valence-corrected chi connectivity index (χ1v) is 6.07. The number of aryl methyl sites for hydroxylation is 1. The number of ketones is 1. The van der Waals surface area contributed by atoms with Crippen molar-refractivity contribution in [2.45, 2.75) is 19.4 Å². The predicted molar refractivity (Wildman–Crippen MR) is 64.0 cm³/mol. The first kappa shape index (κ1) is 12.3. The number of morpholine rings is 1. The molecule has 1 aromatic rings. The van der Waals surface area contributed by atoms with Crippen LogP contribution in [-0.4, -0.2) is 52.8 Å². The third-order valence-electron chi connectivity index (χ3n) is 2.97. The Morgan fingerprint density at radius 1 is 1.65 bits per heavy atom. The molecule has 2 rings (SSSR count). The van der Waals surface area contributed by atoms with Crippen LogP contribution in [0.2, 0.25) is 0 Å². The highest BCUT2D eigenvalue weighted by atomic mass is 16.5. The third-order valence-corrected chi connectivity index (χ3v) is 2.97. The van der Waals surface area contributed by atoms with E-state index in [0.717, 1.165) is 19.5 Å². The van der Waals surface area contributed by atoms with E-state index in [2.05, 4.69) is 16.9 Å². The molecule has 0 radical (unpaired) electrons. The molecule has 1 atom stereocenters. The van der Waals surface area contributed by atoms with Crippen LogP contribution in [0.25, 0.3) is 0 Å².